The molecule has 1 aromatic heterocycles. The largest absolute Gasteiger partial charge is 0.497 e. The highest BCUT2D eigenvalue weighted by Gasteiger charge is 2.19. The zero-order valence-corrected chi connectivity index (χ0v) is 30.6. The molecule has 0 aliphatic carbocycles. The van der Waals surface area contributed by atoms with Gasteiger partial charge in [0.05, 0.1) is 40.8 Å². The van der Waals surface area contributed by atoms with E-state index in [1.54, 1.807) is 44.3 Å². The number of carbonyl (C=O) groups is 2. The maximum atomic E-state index is 13.3. The Kier molecular flexibility index (Phi) is 14.2. The molecule has 2 amide bonds. The Bertz CT molecular complexity index is 1670. The summed E-state index contributed by atoms with van der Waals surface area (Å²) in [4.78, 5) is 33.8. The van der Waals surface area contributed by atoms with Crippen LogP contribution in [0.25, 0.3) is 0 Å². The predicted molar refractivity (Wildman–Crippen MR) is 199 cm³/mol. The van der Waals surface area contributed by atoms with E-state index in [1.807, 2.05) is 97.1 Å². The van der Waals surface area contributed by atoms with Crippen LogP contribution in [0.15, 0.2) is 116 Å². The summed E-state index contributed by atoms with van der Waals surface area (Å²) in [7, 11) is 6.39. The summed E-state index contributed by atoms with van der Waals surface area (Å²) in [5.41, 5.74) is 3.56. The normalized spacial score (nSPS) is 10.4. The van der Waals surface area contributed by atoms with Crippen molar-refractivity contribution in [2.75, 3.05) is 42.0 Å². The van der Waals surface area contributed by atoms with Gasteiger partial charge in [-0.25, -0.2) is 9.59 Å². The number of rotatable bonds is 18. The molecule has 282 valence electrons. The summed E-state index contributed by atoms with van der Waals surface area (Å²) in [5.74, 6) is 3.42. The molecule has 0 atom stereocenters. The molecule has 0 saturated heterocycles. The molecule has 13 heteroatoms. The van der Waals surface area contributed by atoms with Crippen LogP contribution < -0.4 is 28.4 Å². The second kappa shape index (κ2) is 19.8. The molecule has 5 aromatic rings. The Morgan fingerprint density at radius 3 is 0.981 bits per heavy atom. The SMILES string of the molecule is COc1ccc(CN(Cc2ccc(OC)cc2)C(=O)OCOc2cncc(OCOC(=O)N(Cc3ccc(OC)cc3)Cc3ccc(OC)cc3)c2)cc1. The van der Waals surface area contributed by atoms with Crippen LogP contribution in [0.4, 0.5) is 9.59 Å². The number of benzene rings is 4. The lowest BCUT2D eigenvalue weighted by Crippen LogP contribution is -2.31. The topological polar surface area (TPSA) is 127 Å². The Hall–Kier alpha value is -6.63. The van der Waals surface area contributed by atoms with Gasteiger partial charge in [0, 0.05) is 32.2 Å². The fourth-order valence-electron chi connectivity index (χ4n) is 5.21. The third-order valence-corrected chi connectivity index (χ3v) is 8.15. The minimum absolute atomic E-state index is 0.282. The molecule has 0 bridgehead atoms. The van der Waals surface area contributed by atoms with Gasteiger partial charge in [-0.05, 0) is 70.8 Å². The first-order valence-electron chi connectivity index (χ1n) is 16.9. The van der Waals surface area contributed by atoms with E-state index in [4.69, 9.17) is 37.9 Å². The van der Waals surface area contributed by atoms with Gasteiger partial charge in [-0.15, -0.1) is 0 Å². The quantitative estimate of drug-likeness (QED) is 0.0832. The summed E-state index contributed by atoms with van der Waals surface area (Å²) >= 11 is 0. The fourth-order valence-corrected chi connectivity index (χ4v) is 5.21. The van der Waals surface area contributed by atoms with E-state index < -0.39 is 12.2 Å². The van der Waals surface area contributed by atoms with Crippen molar-refractivity contribution in [3.8, 4) is 34.5 Å². The molecular formula is C41H43N3O10. The van der Waals surface area contributed by atoms with Crippen LogP contribution in [0.1, 0.15) is 22.3 Å². The van der Waals surface area contributed by atoms with Crippen LogP contribution in [0, 0.1) is 0 Å². The average molecular weight is 738 g/mol. The highest BCUT2D eigenvalue weighted by atomic mass is 16.7. The van der Waals surface area contributed by atoms with E-state index >= 15 is 0 Å². The summed E-state index contributed by atoms with van der Waals surface area (Å²) in [6.07, 6.45) is 1.74. The molecule has 5 rings (SSSR count). The molecule has 0 aliphatic rings. The van der Waals surface area contributed by atoms with Crippen molar-refractivity contribution in [2.45, 2.75) is 26.2 Å². The van der Waals surface area contributed by atoms with Crippen molar-refractivity contribution in [1.29, 1.82) is 0 Å². The van der Waals surface area contributed by atoms with Gasteiger partial charge in [0.2, 0.25) is 13.6 Å². The molecule has 0 spiro atoms. The van der Waals surface area contributed by atoms with Gasteiger partial charge in [-0.3, -0.25) is 14.8 Å². The minimum Gasteiger partial charge on any atom is -0.497 e. The second-order valence-electron chi connectivity index (χ2n) is 11.8. The number of nitrogens with zero attached hydrogens (tertiary/aromatic N) is 3. The van der Waals surface area contributed by atoms with E-state index in [0.717, 1.165) is 22.3 Å². The van der Waals surface area contributed by atoms with E-state index in [-0.39, 0.29) is 51.3 Å². The molecule has 0 radical (unpaired) electrons. The van der Waals surface area contributed by atoms with Crippen molar-refractivity contribution in [2.24, 2.45) is 0 Å². The summed E-state index contributed by atoms with van der Waals surface area (Å²) in [6.45, 7) is 0.386. The fraction of sp³-hybridized carbons (Fsp3) is 0.244. The van der Waals surface area contributed by atoms with Crippen LogP contribution >= 0.6 is 0 Å². The average Bonchev–Trinajstić information content (AvgIpc) is 3.21. The van der Waals surface area contributed by atoms with Gasteiger partial charge in [0.25, 0.3) is 0 Å². The van der Waals surface area contributed by atoms with Crippen molar-refractivity contribution >= 4 is 12.2 Å². The van der Waals surface area contributed by atoms with Crippen LogP contribution in [0.3, 0.4) is 0 Å². The van der Waals surface area contributed by atoms with Crippen molar-refractivity contribution in [3.05, 3.63) is 138 Å². The minimum atomic E-state index is -0.581. The third kappa shape index (κ3) is 11.7. The maximum Gasteiger partial charge on any atom is 0.413 e. The predicted octanol–water partition coefficient (Wildman–Crippen LogP) is 7.47. The first-order valence-corrected chi connectivity index (χ1v) is 16.9. The number of aromatic nitrogens is 1. The van der Waals surface area contributed by atoms with Gasteiger partial charge >= 0.3 is 12.2 Å². The molecule has 13 nitrogen and oxygen atoms in total. The molecular weight excluding hydrogens is 694 g/mol. The lowest BCUT2D eigenvalue weighted by Gasteiger charge is -2.23. The van der Waals surface area contributed by atoms with Crippen molar-refractivity contribution in [3.63, 3.8) is 0 Å². The van der Waals surface area contributed by atoms with Crippen LogP contribution in [0.2, 0.25) is 0 Å². The number of hydrogen-bond donors (Lipinski definition) is 0. The first kappa shape index (κ1) is 38.6. The Morgan fingerprint density at radius 2 is 0.722 bits per heavy atom. The number of carbonyl (C=O) groups excluding carboxylic acids is 2. The highest BCUT2D eigenvalue weighted by molar-refractivity contribution is 5.68. The first-order chi connectivity index (χ1) is 26.3. The third-order valence-electron chi connectivity index (χ3n) is 8.15. The van der Waals surface area contributed by atoms with Gasteiger partial charge in [0.15, 0.2) is 0 Å². The zero-order chi connectivity index (χ0) is 38.1. The molecule has 0 unspecified atom stereocenters. The lowest BCUT2D eigenvalue weighted by atomic mass is 10.1. The smallest absolute Gasteiger partial charge is 0.413 e. The highest BCUT2D eigenvalue weighted by Crippen LogP contribution is 2.21. The van der Waals surface area contributed by atoms with Crippen molar-refractivity contribution < 1.29 is 47.5 Å². The monoisotopic (exact) mass is 737 g/mol. The molecule has 4 aromatic carbocycles. The molecule has 0 saturated carbocycles. The summed E-state index contributed by atoms with van der Waals surface area (Å²) < 4.78 is 43.4. The summed E-state index contributed by atoms with van der Waals surface area (Å²) in [6, 6.07) is 31.3. The Morgan fingerprint density at radius 1 is 0.444 bits per heavy atom. The van der Waals surface area contributed by atoms with Gasteiger partial charge in [-0.1, -0.05) is 48.5 Å². The molecule has 0 N–H and O–H groups in total. The summed E-state index contributed by atoms with van der Waals surface area (Å²) in [5, 5.41) is 0. The number of amides is 2. The second-order valence-corrected chi connectivity index (χ2v) is 11.8. The molecule has 1 heterocycles. The van der Waals surface area contributed by atoms with E-state index in [2.05, 4.69) is 4.98 Å². The molecule has 54 heavy (non-hydrogen) atoms. The standard InChI is InChI=1S/C41H43N3O10/c1-47-34-13-5-30(6-14-34)24-43(25-31-7-15-35(48-2)16-8-31)40(45)53-28-51-38-21-39(23-42-22-38)52-29-54-41(46)44(26-32-9-17-36(49-3)18-10-32)27-33-11-19-37(50-4)20-12-33/h5-23H,24-29H2,1-4H3. The van der Waals surface area contributed by atoms with Gasteiger partial charge < -0.3 is 37.9 Å². The molecule has 0 fully saturated rings. The van der Waals surface area contributed by atoms with E-state index in [0.29, 0.717) is 23.0 Å². The Labute approximate surface area is 314 Å². The van der Waals surface area contributed by atoms with Crippen LogP contribution in [-0.2, 0) is 35.7 Å². The number of pyridine rings is 1. The zero-order valence-electron chi connectivity index (χ0n) is 30.6. The van der Waals surface area contributed by atoms with Crippen molar-refractivity contribution in [1.82, 2.24) is 14.8 Å². The van der Waals surface area contributed by atoms with E-state index in [9.17, 15) is 9.59 Å². The van der Waals surface area contributed by atoms with Gasteiger partial charge in [0.1, 0.15) is 34.5 Å². The maximum absolute atomic E-state index is 13.3. The van der Waals surface area contributed by atoms with Gasteiger partial charge in [-0.2, -0.15) is 0 Å². The van der Waals surface area contributed by atoms with Crippen LogP contribution in [-0.4, -0.2) is 69.0 Å². The van der Waals surface area contributed by atoms with E-state index in [1.165, 1.54) is 12.4 Å². The number of ether oxygens (including phenoxy) is 8. The molecule has 0 aliphatic heterocycles. The Balaban J connectivity index is 1.15. The number of methoxy groups -OCH3 is 4. The number of hydrogen-bond acceptors (Lipinski definition) is 11. The lowest BCUT2D eigenvalue weighted by molar-refractivity contribution is 0.0289. The van der Waals surface area contributed by atoms with Crippen LogP contribution in [0.5, 0.6) is 34.5 Å².